The van der Waals surface area contributed by atoms with Gasteiger partial charge in [0.1, 0.15) is 17.6 Å². The number of nitrogens with one attached hydrogen (secondary N) is 1. The van der Waals surface area contributed by atoms with Crippen LogP contribution in [0.25, 0.3) is 11.3 Å². The Morgan fingerprint density at radius 3 is 2.53 bits per heavy atom. The van der Waals surface area contributed by atoms with Gasteiger partial charge in [0.25, 0.3) is 5.91 Å². The van der Waals surface area contributed by atoms with Gasteiger partial charge in [0.15, 0.2) is 0 Å². The molecule has 3 rings (SSSR count). The van der Waals surface area contributed by atoms with Crippen LogP contribution in [0.1, 0.15) is 36.8 Å². The molecular weight excluding hydrogens is 426 g/mol. The molecule has 0 aliphatic carbocycles. The largest absolute Gasteiger partial charge is 0.405 e. The first-order valence-corrected chi connectivity index (χ1v) is 9.56. The van der Waals surface area contributed by atoms with Gasteiger partial charge in [-0.2, -0.15) is 18.3 Å². The number of halogens is 5. The Hall–Kier alpha value is -2.17. The zero-order valence-corrected chi connectivity index (χ0v) is 17.4. The summed E-state index contributed by atoms with van der Waals surface area (Å²) in [4.78, 5) is 13.4. The molecule has 164 valence electrons. The maximum Gasteiger partial charge on any atom is 0.405 e. The lowest BCUT2D eigenvalue weighted by Crippen LogP contribution is -2.56. The van der Waals surface area contributed by atoms with E-state index in [-0.39, 0.29) is 35.2 Å². The number of alkyl halides is 3. The molecule has 1 amide bonds. The lowest BCUT2D eigenvalue weighted by molar-refractivity contribution is -0.195. The van der Waals surface area contributed by atoms with Crippen LogP contribution in [-0.4, -0.2) is 45.0 Å². The van der Waals surface area contributed by atoms with Gasteiger partial charge in [-0.3, -0.25) is 19.7 Å². The summed E-state index contributed by atoms with van der Waals surface area (Å²) in [5.41, 5.74) is 5.77. The van der Waals surface area contributed by atoms with Crippen molar-refractivity contribution in [2.45, 2.75) is 51.6 Å². The molecule has 0 saturated carbocycles. The molecule has 30 heavy (non-hydrogen) atoms. The van der Waals surface area contributed by atoms with Gasteiger partial charge in [-0.1, -0.05) is 11.6 Å². The molecule has 1 atom stereocenters. The molecule has 2 heterocycles. The number of nitrogens with zero attached hydrogens (tertiary/aromatic N) is 3. The quantitative estimate of drug-likeness (QED) is 0.703. The molecule has 3 N–H and O–H groups in total. The molecular formula is C19H22ClF4N5O. The SMILES string of the molecule is CC(C)(C)NCN1Cc2c(C(N)=O)c(-c3ccc(F)c(Cl)c3)nn2CC1C(F)(F)F. The average Bonchev–Trinajstić information content (AvgIpc) is 2.98. The number of hydrogen-bond donors (Lipinski definition) is 2. The number of hydrogen-bond acceptors (Lipinski definition) is 4. The second-order valence-electron chi connectivity index (χ2n) is 8.23. The number of primary amides is 1. The molecule has 1 aromatic heterocycles. The minimum atomic E-state index is -4.50. The average molecular weight is 448 g/mol. The van der Waals surface area contributed by atoms with Crippen molar-refractivity contribution in [3.8, 4) is 11.3 Å². The van der Waals surface area contributed by atoms with E-state index in [2.05, 4.69) is 10.4 Å². The van der Waals surface area contributed by atoms with Crippen molar-refractivity contribution in [2.24, 2.45) is 5.73 Å². The Kier molecular flexibility index (Phi) is 5.87. The van der Waals surface area contributed by atoms with Gasteiger partial charge < -0.3 is 5.73 Å². The van der Waals surface area contributed by atoms with Crippen LogP contribution in [0.2, 0.25) is 5.02 Å². The molecule has 0 radical (unpaired) electrons. The van der Waals surface area contributed by atoms with Crippen molar-refractivity contribution < 1.29 is 22.4 Å². The second-order valence-corrected chi connectivity index (χ2v) is 8.64. The summed E-state index contributed by atoms with van der Waals surface area (Å²) in [6.07, 6.45) is -4.50. The van der Waals surface area contributed by atoms with E-state index < -0.39 is 36.0 Å². The molecule has 1 aromatic carbocycles. The molecule has 0 saturated heterocycles. The van der Waals surface area contributed by atoms with Crippen molar-refractivity contribution in [1.82, 2.24) is 20.0 Å². The number of fused-ring (bicyclic) bond motifs is 1. The Labute approximate surface area is 176 Å². The van der Waals surface area contributed by atoms with Crippen LogP contribution >= 0.6 is 11.6 Å². The topological polar surface area (TPSA) is 76.2 Å². The summed E-state index contributed by atoms with van der Waals surface area (Å²) in [6.45, 7) is 4.79. The van der Waals surface area contributed by atoms with E-state index in [1.807, 2.05) is 20.8 Å². The summed E-state index contributed by atoms with van der Waals surface area (Å²) < 4.78 is 55.9. The van der Waals surface area contributed by atoms with Gasteiger partial charge >= 0.3 is 6.18 Å². The highest BCUT2D eigenvalue weighted by Crippen LogP contribution is 2.35. The number of rotatable bonds is 4. The third-order valence-corrected chi connectivity index (χ3v) is 5.12. The minimum Gasteiger partial charge on any atom is -0.365 e. The minimum absolute atomic E-state index is 0.000872. The van der Waals surface area contributed by atoms with Gasteiger partial charge in [-0.25, -0.2) is 4.39 Å². The Bertz CT molecular complexity index is 967. The Morgan fingerprint density at radius 2 is 2.00 bits per heavy atom. The first kappa shape index (κ1) is 22.5. The molecule has 1 aliphatic heterocycles. The highest BCUT2D eigenvalue weighted by Gasteiger charge is 2.47. The summed E-state index contributed by atoms with van der Waals surface area (Å²) in [5, 5.41) is 7.06. The second kappa shape index (κ2) is 7.82. The number of benzene rings is 1. The normalized spacial score (nSPS) is 17.8. The molecule has 0 spiro atoms. The monoisotopic (exact) mass is 447 g/mol. The number of carbonyl (C=O) groups is 1. The Morgan fingerprint density at radius 1 is 1.33 bits per heavy atom. The number of nitrogens with two attached hydrogens (primary N) is 1. The Balaban J connectivity index is 2.07. The maximum absolute atomic E-state index is 13.7. The van der Waals surface area contributed by atoms with E-state index in [1.54, 1.807) is 0 Å². The number of carbonyl (C=O) groups excluding carboxylic acids is 1. The van der Waals surface area contributed by atoms with Gasteiger partial charge in [0.2, 0.25) is 0 Å². The van der Waals surface area contributed by atoms with Crippen molar-refractivity contribution in [2.75, 3.05) is 6.67 Å². The van der Waals surface area contributed by atoms with Gasteiger partial charge in [0.05, 0.1) is 22.8 Å². The third-order valence-electron chi connectivity index (χ3n) is 4.83. The van der Waals surface area contributed by atoms with Crippen molar-refractivity contribution in [3.05, 3.63) is 40.3 Å². The molecule has 1 aliphatic rings. The van der Waals surface area contributed by atoms with E-state index in [4.69, 9.17) is 17.3 Å². The van der Waals surface area contributed by atoms with Gasteiger partial charge in [-0.05, 0) is 39.0 Å². The van der Waals surface area contributed by atoms with Crippen molar-refractivity contribution in [3.63, 3.8) is 0 Å². The standard InChI is InChI=1S/C19H22ClF4N5O/c1-18(2,3)26-9-28-7-13-15(17(25)30)16(10-4-5-12(21)11(20)6-10)27-29(13)8-14(28)19(22,23)24/h4-6,14,26H,7-9H2,1-3H3,(H2,25,30). The summed E-state index contributed by atoms with van der Waals surface area (Å²) in [7, 11) is 0. The third kappa shape index (κ3) is 4.60. The highest BCUT2D eigenvalue weighted by atomic mass is 35.5. The fraction of sp³-hybridized carbons (Fsp3) is 0.474. The van der Waals surface area contributed by atoms with E-state index in [1.165, 1.54) is 17.0 Å². The predicted molar refractivity (Wildman–Crippen MR) is 104 cm³/mol. The van der Waals surface area contributed by atoms with Crippen LogP contribution in [0.5, 0.6) is 0 Å². The van der Waals surface area contributed by atoms with Crippen LogP contribution in [0.3, 0.4) is 0 Å². The predicted octanol–water partition coefficient (Wildman–Crippen LogP) is 3.53. The molecule has 2 aromatic rings. The number of amides is 1. The first-order chi connectivity index (χ1) is 13.8. The van der Waals surface area contributed by atoms with Crippen LogP contribution in [-0.2, 0) is 13.1 Å². The molecule has 6 nitrogen and oxygen atoms in total. The molecule has 1 unspecified atom stereocenters. The first-order valence-electron chi connectivity index (χ1n) is 9.18. The molecule has 11 heteroatoms. The van der Waals surface area contributed by atoms with Crippen LogP contribution < -0.4 is 11.1 Å². The lowest BCUT2D eigenvalue weighted by atomic mass is 10.0. The lowest BCUT2D eigenvalue weighted by Gasteiger charge is -2.38. The van der Waals surface area contributed by atoms with Gasteiger partial charge in [-0.15, -0.1) is 0 Å². The zero-order valence-electron chi connectivity index (χ0n) is 16.6. The van der Waals surface area contributed by atoms with Crippen LogP contribution in [0.4, 0.5) is 17.6 Å². The van der Waals surface area contributed by atoms with Crippen molar-refractivity contribution in [1.29, 1.82) is 0 Å². The zero-order chi connectivity index (χ0) is 22.4. The molecule has 0 fully saturated rings. The van der Waals surface area contributed by atoms with Crippen LogP contribution in [0, 0.1) is 5.82 Å². The summed E-state index contributed by atoms with van der Waals surface area (Å²) in [5.74, 6) is -1.50. The smallest absolute Gasteiger partial charge is 0.365 e. The fourth-order valence-electron chi connectivity index (χ4n) is 3.31. The summed E-state index contributed by atoms with van der Waals surface area (Å²) in [6, 6.07) is 1.91. The fourth-order valence-corrected chi connectivity index (χ4v) is 3.49. The molecule has 0 bridgehead atoms. The highest BCUT2D eigenvalue weighted by molar-refractivity contribution is 6.31. The van der Waals surface area contributed by atoms with Crippen LogP contribution in [0.15, 0.2) is 18.2 Å². The van der Waals surface area contributed by atoms with E-state index in [0.29, 0.717) is 5.56 Å². The van der Waals surface area contributed by atoms with E-state index >= 15 is 0 Å². The summed E-state index contributed by atoms with van der Waals surface area (Å²) >= 11 is 5.82. The van der Waals surface area contributed by atoms with E-state index in [0.717, 1.165) is 10.7 Å². The maximum atomic E-state index is 13.7. The number of aromatic nitrogens is 2. The van der Waals surface area contributed by atoms with Crippen molar-refractivity contribution >= 4 is 17.5 Å². The van der Waals surface area contributed by atoms with E-state index in [9.17, 15) is 22.4 Å². The van der Waals surface area contributed by atoms with Gasteiger partial charge in [0, 0.05) is 24.3 Å².